The molecule has 2 heterocycles. The number of aromatic nitrogens is 2. The zero-order chi connectivity index (χ0) is 17.5. The summed E-state index contributed by atoms with van der Waals surface area (Å²) in [7, 11) is 0. The Kier molecular flexibility index (Phi) is 5.26. The molecule has 2 aromatic heterocycles. The molecule has 7 heteroatoms. The van der Waals surface area contributed by atoms with E-state index in [1.165, 1.54) is 0 Å². The first kappa shape index (κ1) is 16.5. The highest BCUT2D eigenvalue weighted by molar-refractivity contribution is 5.96. The van der Waals surface area contributed by atoms with Crippen molar-refractivity contribution in [2.24, 2.45) is 0 Å². The number of nitrogens with zero attached hydrogens (tertiary/aromatic N) is 2. The predicted octanol–water partition coefficient (Wildman–Crippen LogP) is 3.60. The highest BCUT2D eigenvalue weighted by atomic mass is 16.5. The van der Waals surface area contributed by atoms with Crippen molar-refractivity contribution in [3.8, 4) is 0 Å². The van der Waals surface area contributed by atoms with Gasteiger partial charge < -0.3 is 19.8 Å². The van der Waals surface area contributed by atoms with E-state index in [0.717, 1.165) is 5.76 Å². The molecule has 0 aliphatic carbocycles. The lowest BCUT2D eigenvalue weighted by Crippen LogP contribution is -2.09. The van der Waals surface area contributed by atoms with E-state index < -0.39 is 0 Å². The molecule has 25 heavy (non-hydrogen) atoms. The molecule has 0 aliphatic heterocycles. The third kappa shape index (κ3) is 4.35. The Balaban J connectivity index is 1.73. The number of rotatable bonds is 7. The summed E-state index contributed by atoms with van der Waals surface area (Å²) in [6.45, 7) is 2.58. The lowest BCUT2D eigenvalue weighted by atomic mass is 10.2. The van der Waals surface area contributed by atoms with Gasteiger partial charge in [0.2, 0.25) is 5.95 Å². The van der Waals surface area contributed by atoms with Gasteiger partial charge in [0.1, 0.15) is 11.6 Å². The van der Waals surface area contributed by atoms with Crippen LogP contribution in [0, 0.1) is 0 Å². The van der Waals surface area contributed by atoms with E-state index in [1.807, 2.05) is 18.2 Å². The molecule has 0 atom stereocenters. The monoisotopic (exact) mass is 338 g/mol. The smallest absolute Gasteiger partial charge is 0.340 e. The first-order chi connectivity index (χ1) is 12.3. The average molecular weight is 338 g/mol. The summed E-state index contributed by atoms with van der Waals surface area (Å²) in [5, 5.41) is 6.21. The second-order valence-corrected chi connectivity index (χ2v) is 5.09. The van der Waals surface area contributed by atoms with Crippen molar-refractivity contribution in [1.29, 1.82) is 0 Å². The van der Waals surface area contributed by atoms with E-state index in [2.05, 4.69) is 20.6 Å². The molecule has 0 saturated heterocycles. The summed E-state index contributed by atoms with van der Waals surface area (Å²) in [6, 6.07) is 12.5. The van der Waals surface area contributed by atoms with Gasteiger partial charge in [-0.2, -0.15) is 4.98 Å². The maximum Gasteiger partial charge on any atom is 0.340 e. The standard InChI is InChI=1S/C18H18N4O3/c1-2-24-17(23)14-7-3-4-8-15(14)21-16-9-10-19-18(22-16)20-12-13-6-5-11-25-13/h3-11H,2,12H2,1H3,(H2,19,20,21,22). The molecule has 3 aromatic rings. The minimum atomic E-state index is -0.379. The molecule has 0 fully saturated rings. The molecule has 0 amide bonds. The maximum absolute atomic E-state index is 12.0. The van der Waals surface area contributed by atoms with Crippen LogP contribution >= 0.6 is 0 Å². The molecule has 0 aliphatic rings. The fourth-order valence-corrected chi connectivity index (χ4v) is 2.21. The first-order valence-electron chi connectivity index (χ1n) is 7.88. The molecule has 0 saturated carbocycles. The summed E-state index contributed by atoms with van der Waals surface area (Å²) in [6.07, 6.45) is 3.24. The second-order valence-electron chi connectivity index (χ2n) is 5.09. The molecule has 1 aromatic carbocycles. The first-order valence-corrected chi connectivity index (χ1v) is 7.88. The van der Waals surface area contributed by atoms with Gasteiger partial charge >= 0.3 is 5.97 Å². The van der Waals surface area contributed by atoms with Crippen LogP contribution in [-0.4, -0.2) is 22.5 Å². The Morgan fingerprint density at radius 3 is 2.88 bits per heavy atom. The average Bonchev–Trinajstić information content (AvgIpc) is 3.15. The quantitative estimate of drug-likeness (QED) is 0.636. The zero-order valence-corrected chi connectivity index (χ0v) is 13.7. The lowest BCUT2D eigenvalue weighted by molar-refractivity contribution is 0.0527. The predicted molar refractivity (Wildman–Crippen MR) is 93.7 cm³/mol. The van der Waals surface area contributed by atoms with Gasteiger partial charge in [0.15, 0.2) is 0 Å². The van der Waals surface area contributed by atoms with Gasteiger partial charge in [0.25, 0.3) is 0 Å². The Hall–Kier alpha value is -3.35. The van der Waals surface area contributed by atoms with E-state index in [4.69, 9.17) is 9.15 Å². The van der Waals surface area contributed by atoms with Crippen molar-refractivity contribution in [3.63, 3.8) is 0 Å². The molecule has 0 radical (unpaired) electrons. The summed E-state index contributed by atoms with van der Waals surface area (Å²) >= 11 is 0. The van der Waals surface area contributed by atoms with Crippen LogP contribution in [0.3, 0.4) is 0 Å². The van der Waals surface area contributed by atoms with Crippen LogP contribution in [0.5, 0.6) is 0 Å². The fourth-order valence-electron chi connectivity index (χ4n) is 2.21. The van der Waals surface area contributed by atoms with Crippen LogP contribution in [0.15, 0.2) is 59.3 Å². The molecular formula is C18H18N4O3. The van der Waals surface area contributed by atoms with E-state index >= 15 is 0 Å². The number of anilines is 3. The Morgan fingerprint density at radius 1 is 1.20 bits per heavy atom. The summed E-state index contributed by atoms with van der Waals surface area (Å²) < 4.78 is 10.3. The van der Waals surface area contributed by atoms with Gasteiger partial charge in [-0.1, -0.05) is 12.1 Å². The largest absolute Gasteiger partial charge is 0.467 e. The Morgan fingerprint density at radius 2 is 2.08 bits per heavy atom. The van der Waals surface area contributed by atoms with Crippen LogP contribution in [0.25, 0.3) is 0 Å². The van der Waals surface area contributed by atoms with Gasteiger partial charge in [-0.3, -0.25) is 0 Å². The number of esters is 1. The van der Waals surface area contributed by atoms with E-state index in [0.29, 0.717) is 36.2 Å². The van der Waals surface area contributed by atoms with E-state index in [1.54, 1.807) is 43.6 Å². The Bertz CT molecular complexity index is 834. The van der Waals surface area contributed by atoms with Crippen molar-refractivity contribution in [2.45, 2.75) is 13.5 Å². The summed E-state index contributed by atoms with van der Waals surface area (Å²) in [5.74, 6) is 1.43. The van der Waals surface area contributed by atoms with Crippen molar-refractivity contribution in [3.05, 3.63) is 66.2 Å². The van der Waals surface area contributed by atoms with Crippen LogP contribution in [0.1, 0.15) is 23.0 Å². The number of hydrogen-bond acceptors (Lipinski definition) is 7. The van der Waals surface area contributed by atoms with Gasteiger partial charge in [-0.25, -0.2) is 9.78 Å². The minimum Gasteiger partial charge on any atom is -0.467 e. The Labute approximate surface area is 145 Å². The molecule has 2 N–H and O–H groups in total. The number of nitrogens with one attached hydrogen (secondary N) is 2. The number of para-hydroxylation sites is 1. The van der Waals surface area contributed by atoms with Gasteiger partial charge in [0, 0.05) is 6.20 Å². The van der Waals surface area contributed by atoms with Crippen LogP contribution in [0.2, 0.25) is 0 Å². The molecular weight excluding hydrogens is 320 g/mol. The van der Waals surface area contributed by atoms with Crippen LogP contribution < -0.4 is 10.6 Å². The zero-order valence-electron chi connectivity index (χ0n) is 13.7. The maximum atomic E-state index is 12.0. The second kappa shape index (κ2) is 7.96. The third-order valence-electron chi connectivity index (χ3n) is 3.34. The number of ether oxygens (including phenoxy) is 1. The fraction of sp³-hybridized carbons (Fsp3) is 0.167. The molecule has 0 spiro atoms. The SMILES string of the molecule is CCOC(=O)c1ccccc1Nc1ccnc(NCc2ccco2)n1. The highest BCUT2D eigenvalue weighted by Gasteiger charge is 2.12. The van der Waals surface area contributed by atoms with Crippen LogP contribution in [0.4, 0.5) is 17.5 Å². The van der Waals surface area contributed by atoms with E-state index in [9.17, 15) is 4.79 Å². The van der Waals surface area contributed by atoms with Crippen molar-refractivity contribution >= 4 is 23.4 Å². The van der Waals surface area contributed by atoms with Crippen molar-refractivity contribution in [2.75, 3.05) is 17.2 Å². The van der Waals surface area contributed by atoms with E-state index in [-0.39, 0.29) is 5.97 Å². The normalized spacial score (nSPS) is 10.3. The number of carbonyl (C=O) groups is 1. The third-order valence-corrected chi connectivity index (χ3v) is 3.34. The topological polar surface area (TPSA) is 89.3 Å². The number of carbonyl (C=O) groups excluding carboxylic acids is 1. The van der Waals surface area contributed by atoms with Crippen LogP contribution in [-0.2, 0) is 11.3 Å². The van der Waals surface area contributed by atoms with Gasteiger partial charge in [-0.15, -0.1) is 0 Å². The number of benzene rings is 1. The number of furan rings is 1. The highest BCUT2D eigenvalue weighted by Crippen LogP contribution is 2.21. The lowest BCUT2D eigenvalue weighted by Gasteiger charge is -2.11. The molecule has 3 rings (SSSR count). The van der Waals surface area contributed by atoms with Gasteiger partial charge in [-0.05, 0) is 37.3 Å². The van der Waals surface area contributed by atoms with Crippen molar-refractivity contribution < 1.29 is 13.9 Å². The number of hydrogen-bond donors (Lipinski definition) is 2. The molecule has 128 valence electrons. The molecule has 7 nitrogen and oxygen atoms in total. The summed E-state index contributed by atoms with van der Waals surface area (Å²) in [5.41, 5.74) is 1.07. The minimum absolute atomic E-state index is 0.321. The molecule has 0 bridgehead atoms. The summed E-state index contributed by atoms with van der Waals surface area (Å²) in [4.78, 5) is 20.6. The van der Waals surface area contributed by atoms with Crippen molar-refractivity contribution in [1.82, 2.24) is 9.97 Å². The van der Waals surface area contributed by atoms with Gasteiger partial charge in [0.05, 0.1) is 30.7 Å². The molecule has 0 unspecified atom stereocenters.